The van der Waals surface area contributed by atoms with Crippen LogP contribution in [0.2, 0.25) is 0 Å². The minimum atomic E-state index is 0.180. The van der Waals surface area contributed by atoms with Gasteiger partial charge < -0.3 is 9.97 Å². The molecular weight excluding hydrogens is 240 g/mol. The van der Waals surface area contributed by atoms with Crippen molar-refractivity contribution in [2.24, 2.45) is 0 Å². The molecular formula is C15H20N2S. The molecule has 1 aromatic heterocycles. The average molecular weight is 260 g/mol. The second kappa shape index (κ2) is 4.39. The molecule has 0 unspecified atom stereocenters. The number of rotatable bonds is 1. The molecule has 3 heteroatoms. The van der Waals surface area contributed by atoms with Crippen molar-refractivity contribution >= 4 is 12.2 Å². The maximum atomic E-state index is 5.09. The number of nitrogens with one attached hydrogen (secondary N) is 2. The average Bonchev–Trinajstić information content (AvgIpc) is 2.62. The van der Waals surface area contributed by atoms with Crippen molar-refractivity contribution in [2.45, 2.75) is 40.0 Å². The summed E-state index contributed by atoms with van der Waals surface area (Å²) in [5, 5.41) is 0. The summed E-state index contributed by atoms with van der Waals surface area (Å²) in [6, 6.07) is 4.54. The van der Waals surface area contributed by atoms with E-state index in [2.05, 4.69) is 56.7 Å². The van der Waals surface area contributed by atoms with E-state index in [0.717, 1.165) is 5.69 Å². The van der Waals surface area contributed by atoms with Gasteiger partial charge in [-0.05, 0) is 48.2 Å². The number of aromatic amines is 2. The van der Waals surface area contributed by atoms with Gasteiger partial charge in [-0.2, -0.15) is 0 Å². The van der Waals surface area contributed by atoms with E-state index < -0.39 is 0 Å². The van der Waals surface area contributed by atoms with Gasteiger partial charge in [-0.3, -0.25) is 0 Å². The molecule has 18 heavy (non-hydrogen) atoms. The van der Waals surface area contributed by atoms with Gasteiger partial charge in [0.05, 0.1) is 5.69 Å². The van der Waals surface area contributed by atoms with Crippen LogP contribution >= 0.6 is 12.2 Å². The maximum absolute atomic E-state index is 5.09. The predicted octanol–water partition coefficient (Wildman–Crippen LogP) is 4.65. The monoisotopic (exact) mass is 260 g/mol. The van der Waals surface area contributed by atoms with Crippen LogP contribution < -0.4 is 0 Å². The first kappa shape index (κ1) is 13.1. The third-order valence-electron chi connectivity index (χ3n) is 3.26. The number of hydrogen-bond acceptors (Lipinski definition) is 1. The molecule has 2 aromatic rings. The molecule has 2 N–H and O–H groups in total. The fourth-order valence-corrected chi connectivity index (χ4v) is 2.46. The van der Waals surface area contributed by atoms with E-state index in [9.17, 15) is 0 Å². The van der Waals surface area contributed by atoms with E-state index in [1.807, 2.05) is 6.20 Å². The first-order chi connectivity index (χ1) is 8.29. The Bertz CT molecular complexity index is 603. The Balaban J connectivity index is 2.61. The third-order valence-corrected chi connectivity index (χ3v) is 3.48. The van der Waals surface area contributed by atoms with Gasteiger partial charge in [-0.1, -0.05) is 32.9 Å². The highest BCUT2D eigenvalue weighted by molar-refractivity contribution is 7.71. The molecule has 2 rings (SSSR count). The minimum absolute atomic E-state index is 0.180. The Hall–Kier alpha value is -1.35. The molecule has 0 saturated heterocycles. The molecule has 0 saturated carbocycles. The van der Waals surface area contributed by atoms with Crippen molar-refractivity contribution in [3.05, 3.63) is 39.8 Å². The Labute approximate surface area is 113 Å². The largest absolute Gasteiger partial charge is 0.337 e. The van der Waals surface area contributed by atoms with Gasteiger partial charge in [-0.15, -0.1) is 0 Å². The lowest BCUT2D eigenvalue weighted by Crippen LogP contribution is -2.12. The van der Waals surface area contributed by atoms with E-state index >= 15 is 0 Å². The summed E-state index contributed by atoms with van der Waals surface area (Å²) in [6.45, 7) is 11.0. The Morgan fingerprint density at radius 3 is 2.00 bits per heavy atom. The first-order valence-corrected chi connectivity index (χ1v) is 6.59. The standard InChI is InChI=1S/C15H20N2S/c1-9-6-11(15(3,4)5)7-10(2)13(9)12-8-16-14(18)17-12/h6-8H,1-5H3,(H2,16,17,18). The van der Waals surface area contributed by atoms with E-state index in [0.29, 0.717) is 4.77 Å². The fraction of sp³-hybridized carbons (Fsp3) is 0.400. The van der Waals surface area contributed by atoms with Crippen LogP contribution in [0.1, 0.15) is 37.5 Å². The molecule has 0 radical (unpaired) electrons. The number of aryl methyl sites for hydroxylation is 2. The van der Waals surface area contributed by atoms with Crippen LogP contribution in [0.3, 0.4) is 0 Å². The number of H-pyrrole nitrogens is 2. The molecule has 1 heterocycles. The van der Waals surface area contributed by atoms with Gasteiger partial charge in [0.2, 0.25) is 0 Å². The molecule has 96 valence electrons. The van der Waals surface area contributed by atoms with Crippen LogP contribution in [0.15, 0.2) is 18.3 Å². The zero-order valence-corrected chi connectivity index (χ0v) is 12.5. The summed E-state index contributed by atoms with van der Waals surface area (Å²) in [5.41, 5.74) is 6.43. The smallest absolute Gasteiger partial charge is 0.174 e. The zero-order valence-electron chi connectivity index (χ0n) is 11.6. The highest BCUT2D eigenvalue weighted by atomic mass is 32.1. The Morgan fingerprint density at radius 2 is 1.61 bits per heavy atom. The van der Waals surface area contributed by atoms with Crippen molar-refractivity contribution in [3.63, 3.8) is 0 Å². The van der Waals surface area contributed by atoms with Crippen LogP contribution in [-0.2, 0) is 5.41 Å². The lowest BCUT2D eigenvalue weighted by Gasteiger charge is -2.22. The van der Waals surface area contributed by atoms with Gasteiger partial charge in [0, 0.05) is 11.8 Å². The molecule has 2 nitrogen and oxygen atoms in total. The maximum Gasteiger partial charge on any atom is 0.174 e. The lowest BCUT2D eigenvalue weighted by atomic mass is 9.83. The number of benzene rings is 1. The highest BCUT2D eigenvalue weighted by Gasteiger charge is 2.17. The van der Waals surface area contributed by atoms with Gasteiger partial charge >= 0.3 is 0 Å². The van der Waals surface area contributed by atoms with Crippen molar-refractivity contribution in [3.8, 4) is 11.3 Å². The topological polar surface area (TPSA) is 31.6 Å². The molecule has 0 fully saturated rings. The summed E-state index contributed by atoms with van der Waals surface area (Å²) in [7, 11) is 0. The van der Waals surface area contributed by atoms with Crippen LogP contribution in [-0.4, -0.2) is 9.97 Å². The Kier molecular flexibility index (Phi) is 3.20. The van der Waals surface area contributed by atoms with Crippen molar-refractivity contribution in [1.29, 1.82) is 0 Å². The van der Waals surface area contributed by atoms with Crippen molar-refractivity contribution < 1.29 is 0 Å². The molecule has 0 aliphatic heterocycles. The van der Waals surface area contributed by atoms with Gasteiger partial charge in [-0.25, -0.2) is 0 Å². The summed E-state index contributed by atoms with van der Waals surface area (Å²) >= 11 is 5.09. The summed E-state index contributed by atoms with van der Waals surface area (Å²) < 4.78 is 0.670. The van der Waals surface area contributed by atoms with Crippen LogP contribution in [0.25, 0.3) is 11.3 Å². The van der Waals surface area contributed by atoms with Crippen LogP contribution in [0.5, 0.6) is 0 Å². The summed E-state index contributed by atoms with van der Waals surface area (Å²) in [6.07, 6.45) is 1.94. The normalized spacial score (nSPS) is 11.8. The number of aromatic nitrogens is 2. The second-order valence-corrected chi connectivity index (χ2v) is 6.30. The van der Waals surface area contributed by atoms with E-state index in [1.165, 1.54) is 22.3 Å². The lowest BCUT2D eigenvalue weighted by molar-refractivity contribution is 0.589. The second-order valence-electron chi connectivity index (χ2n) is 5.89. The molecule has 0 aliphatic carbocycles. The van der Waals surface area contributed by atoms with Crippen LogP contribution in [0, 0.1) is 18.6 Å². The summed E-state index contributed by atoms with van der Waals surface area (Å²) in [5.74, 6) is 0. The van der Waals surface area contributed by atoms with Crippen LogP contribution in [0.4, 0.5) is 0 Å². The minimum Gasteiger partial charge on any atom is -0.337 e. The van der Waals surface area contributed by atoms with E-state index in [-0.39, 0.29) is 5.41 Å². The Morgan fingerprint density at radius 1 is 1.06 bits per heavy atom. The molecule has 1 aromatic carbocycles. The van der Waals surface area contributed by atoms with E-state index in [4.69, 9.17) is 12.2 Å². The molecule has 0 spiro atoms. The summed E-state index contributed by atoms with van der Waals surface area (Å²) in [4.78, 5) is 6.22. The highest BCUT2D eigenvalue weighted by Crippen LogP contribution is 2.31. The zero-order chi connectivity index (χ0) is 13.5. The predicted molar refractivity (Wildman–Crippen MR) is 79.6 cm³/mol. The van der Waals surface area contributed by atoms with Gasteiger partial charge in [0.25, 0.3) is 0 Å². The molecule has 0 amide bonds. The molecule has 0 atom stereocenters. The van der Waals surface area contributed by atoms with Crippen molar-refractivity contribution in [2.75, 3.05) is 0 Å². The van der Waals surface area contributed by atoms with Gasteiger partial charge in [0.15, 0.2) is 4.77 Å². The fourth-order valence-electron chi connectivity index (χ4n) is 2.29. The number of imidazole rings is 1. The van der Waals surface area contributed by atoms with Crippen molar-refractivity contribution in [1.82, 2.24) is 9.97 Å². The third kappa shape index (κ3) is 2.41. The SMILES string of the molecule is Cc1cc(C(C)(C)C)cc(C)c1-c1c[nH]c(=S)[nH]1. The molecule has 0 bridgehead atoms. The molecule has 0 aliphatic rings. The van der Waals surface area contributed by atoms with E-state index in [1.54, 1.807) is 0 Å². The first-order valence-electron chi connectivity index (χ1n) is 6.19. The number of hydrogen-bond donors (Lipinski definition) is 2. The quantitative estimate of drug-likeness (QED) is 0.718. The van der Waals surface area contributed by atoms with Gasteiger partial charge in [0.1, 0.15) is 0 Å².